The second kappa shape index (κ2) is 8.68. The first-order chi connectivity index (χ1) is 16.7. The number of aliphatic hydroxyl groups is 1. The fourth-order valence-corrected chi connectivity index (χ4v) is 7.06. The van der Waals surface area contributed by atoms with Crippen LogP contribution in [0.25, 0.3) is 6.08 Å². The predicted molar refractivity (Wildman–Crippen MR) is 137 cm³/mol. The Labute approximate surface area is 207 Å². The van der Waals surface area contributed by atoms with Gasteiger partial charge in [0.05, 0.1) is 12.7 Å². The van der Waals surface area contributed by atoms with Crippen molar-refractivity contribution in [1.82, 2.24) is 9.80 Å². The second-order valence-electron chi connectivity index (χ2n) is 10.7. The molecule has 2 aromatic carbocycles. The van der Waals surface area contributed by atoms with Gasteiger partial charge in [-0.3, -0.25) is 4.79 Å². The number of fused-ring (bicyclic) bond motifs is 1. The molecule has 0 radical (unpaired) electrons. The summed E-state index contributed by atoms with van der Waals surface area (Å²) in [7, 11) is 5.54. The summed E-state index contributed by atoms with van der Waals surface area (Å²) in [5, 5.41) is 23.0. The Balaban J connectivity index is 1.50. The summed E-state index contributed by atoms with van der Waals surface area (Å²) in [6, 6.07) is 11.7. The van der Waals surface area contributed by atoms with Crippen molar-refractivity contribution in [2.45, 2.75) is 62.1 Å². The normalized spacial score (nSPS) is 30.0. The van der Waals surface area contributed by atoms with Crippen molar-refractivity contribution in [3.63, 3.8) is 0 Å². The second-order valence-corrected chi connectivity index (χ2v) is 10.7. The van der Waals surface area contributed by atoms with Gasteiger partial charge in [0, 0.05) is 36.2 Å². The molecule has 6 nitrogen and oxygen atoms in total. The summed E-state index contributed by atoms with van der Waals surface area (Å²) < 4.78 is 5.72. The first-order valence-corrected chi connectivity index (χ1v) is 12.5. The first kappa shape index (κ1) is 23.9. The van der Waals surface area contributed by atoms with Crippen LogP contribution >= 0.6 is 0 Å². The number of hydrogen-bond donors (Lipinski definition) is 2. The monoisotopic (exact) mass is 476 g/mol. The molecule has 186 valence electrons. The maximum atomic E-state index is 13.2. The van der Waals surface area contributed by atoms with Gasteiger partial charge in [-0.25, -0.2) is 0 Å². The van der Waals surface area contributed by atoms with E-state index in [2.05, 4.69) is 18.0 Å². The molecule has 4 atom stereocenters. The molecule has 1 amide bonds. The number of likely N-dealkylation sites (tertiary alicyclic amines) is 1. The molecule has 1 aliphatic heterocycles. The number of hydrogen-bond acceptors (Lipinski definition) is 5. The lowest BCUT2D eigenvalue weighted by Crippen LogP contribution is -2.73. The number of piperidine rings is 1. The van der Waals surface area contributed by atoms with Crippen LogP contribution in [0.5, 0.6) is 11.5 Å². The van der Waals surface area contributed by atoms with Crippen LogP contribution in [0.3, 0.4) is 0 Å². The number of benzene rings is 2. The maximum absolute atomic E-state index is 13.2. The Morgan fingerprint density at radius 3 is 2.80 bits per heavy atom. The van der Waals surface area contributed by atoms with Gasteiger partial charge in [0.1, 0.15) is 0 Å². The highest BCUT2D eigenvalue weighted by Crippen LogP contribution is 2.61. The van der Waals surface area contributed by atoms with Crippen LogP contribution in [-0.4, -0.2) is 71.4 Å². The third-order valence-corrected chi connectivity index (χ3v) is 8.92. The van der Waals surface area contributed by atoms with Crippen molar-refractivity contribution in [3.8, 4) is 11.5 Å². The number of methoxy groups -OCH3 is 1. The summed E-state index contributed by atoms with van der Waals surface area (Å²) in [5.41, 5.74) is 2.69. The van der Waals surface area contributed by atoms with Gasteiger partial charge in [-0.05, 0) is 75.9 Å². The number of likely N-dealkylation sites (N-methyl/N-ethyl adjacent to an activating group) is 2. The van der Waals surface area contributed by atoms with Crippen LogP contribution in [0.1, 0.15) is 47.9 Å². The van der Waals surface area contributed by atoms with Crippen LogP contribution in [-0.2, 0) is 16.6 Å². The van der Waals surface area contributed by atoms with Crippen LogP contribution in [0.4, 0.5) is 0 Å². The fourth-order valence-electron chi connectivity index (χ4n) is 7.06. The van der Waals surface area contributed by atoms with E-state index in [-0.39, 0.29) is 23.7 Å². The molecule has 35 heavy (non-hydrogen) atoms. The molecule has 0 spiro atoms. The lowest BCUT2D eigenvalue weighted by Gasteiger charge is -2.64. The molecule has 1 saturated heterocycles. The molecular formula is C29H36N2O4. The summed E-state index contributed by atoms with van der Waals surface area (Å²) in [6.45, 7) is 2.89. The molecule has 2 aromatic rings. The topological polar surface area (TPSA) is 73.2 Å². The number of aromatic hydroxyl groups is 1. The highest BCUT2D eigenvalue weighted by atomic mass is 16.5. The molecule has 0 unspecified atom stereocenters. The maximum Gasteiger partial charge on any atom is 0.246 e. The number of carbonyl (C=O) groups is 1. The SMILES string of the molecule is COc1c(O)ccc2c1[C@]13CCN(C)[C@H](C2)[C@]1(O)CC[C@H](N(C)C(=O)C=Cc1cccc(C)c1)C3. The van der Waals surface area contributed by atoms with E-state index < -0.39 is 11.0 Å². The molecular weight excluding hydrogens is 440 g/mol. The standard InChI is InChI=1S/C29H36N2O4/c1-19-6-5-7-20(16-19)8-11-25(33)31(3)22-12-13-29(34)24-17-21-9-10-23(32)27(35-4)26(21)28(29,18-22)14-15-30(24)2/h5-11,16,22,24,32,34H,12-15,17-18H2,1-4H3/t22-,24+,28+,29+/m0/s1. The van der Waals surface area contributed by atoms with E-state index >= 15 is 0 Å². The van der Waals surface area contributed by atoms with Crippen molar-refractivity contribution in [2.75, 3.05) is 27.7 Å². The van der Waals surface area contributed by atoms with Gasteiger partial charge in [0.15, 0.2) is 11.5 Å². The van der Waals surface area contributed by atoms with Gasteiger partial charge in [-0.15, -0.1) is 0 Å². The van der Waals surface area contributed by atoms with Gasteiger partial charge in [0.25, 0.3) is 0 Å². The van der Waals surface area contributed by atoms with Crippen molar-refractivity contribution in [2.24, 2.45) is 0 Å². The number of ether oxygens (including phenoxy) is 1. The lowest BCUT2D eigenvalue weighted by atomic mass is 9.48. The van der Waals surface area contributed by atoms with E-state index in [9.17, 15) is 15.0 Å². The molecule has 2 aliphatic carbocycles. The van der Waals surface area contributed by atoms with Crippen molar-refractivity contribution >= 4 is 12.0 Å². The average molecular weight is 477 g/mol. The zero-order chi connectivity index (χ0) is 25.0. The Hall–Kier alpha value is -2.83. The molecule has 1 heterocycles. The van der Waals surface area contributed by atoms with Crippen LogP contribution in [0.15, 0.2) is 42.5 Å². The van der Waals surface area contributed by atoms with E-state index in [4.69, 9.17) is 4.74 Å². The van der Waals surface area contributed by atoms with Crippen molar-refractivity contribution in [3.05, 3.63) is 64.7 Å². The summed E-state index contributed by atoms with van der Waals surface area (Å²) in [4.78, 5) is 17.3. The number of rotatable bonds is 4. The van der Waals surface area contributed by atoms with E-state index in [0.717, 1.165) is 48.1 Å². The van der Waals surface area contributed by atoms with Crippen molar-refractivity contribution < 1.29 is 19.7 Å². The molecule has 2 fully saturated rings. The highest BCUT2D eigenvalue weighted by Gasteiger charge is 2.65. The number of phenolic OH excluding ortho intramolecular Hbond substituents is 1. The summed E-state index contributed by atoms with van der Waals surface area (Å²) in [6.07, 6.45) is 6.96. The van der Waals surface area contributed by atoms with Gasteiger partial charge in [0.2, 0.25) is 5.91 Å². The fraction of sp³-hybridized carbons (Fsp3) is 0.483. The predicted octanol–water partition coefficient (Wildman–Crippen LogP) is 3.66. The zero-order valence-electron chi connectivity index (χ0n) is 21.1. The van der Waals surface area contributed by atoms with Crippen molar-refractivity contribution in [1.29, 1.82) is 0 Å². The van der Waals surface area contributed by atoms with Gasteiger partial charge in [-0.2, -0.15) is 0 Å². The van der Waals surface area contributed by atoms with E-state index in [1.165, 1.54) is 0 Å². The first-order valence-electron chi connectivity index (χ1n) is 12.5. The lowest BCUT2D eigenvalue weighted by molar-refractivity contribution is -0.173. The number of nitrogens with zero attached hydrogens (tertiary/aromatic N) is 2. The van der Waals surface area contributed by atoms with Crippen LogP contribution in [0, 0.1) is 6.92 Å². The Bertz CT molecular complexity index is 1180. The highest BCUT2D eigenvalue weighted by molar-refractivity contribution is 5.91. The number of amides is 1. The largest absolute Gasteiger partial charge is 0.504 e. The summed E-state index contributed by atoms with van der Waals surface area (Å²) in [5.74, 6) is 0.535. The average Bonchev–Trinajstić information content (AvgIpc) is 2.84. The summed E-state index contributed by atoms with van der Waals surface area (Å²) >= 11 is 0. The smallest absolute Gasteiger partial charge is 0.246 e. The number of carbonyl (C=O) groups excluding carboxylic acids is 1. The molecule has 5 rings (SSSR count). The molecule has 1 saturated carbocycles. The molecule has 0 aromatic heterocycles. The van der Waals surface area contributed by atoms with Gasteiger partial charge >= 0.3 is 0 Å². The zero-order valence-corrected chi connectivity index (χ0v) is 21.1. The van der Waals surface area contributed by atoms with E-state index in [1.807, 2.05) is 49.2 Å². The van der Waals surface area contributed by atoms with Gasteiger partial charge in [-0.1, -0.05) is 35.9 Å². The molecule has 2 bridgehead atoms. The Kier molecular flexibility index (Phi) is 5.93. The van der Waals surface area contributed by atoms with Gasteiger partial charge < -0.3 is 24.7 Å². The minimum Gasteiger partial charge on any atom is -0.504 e. The van der Waals surface area contributed by atoms with E-state index in [0.29, 0.717) is 18.6 Å². The van der Waals surface area contributed by atoms with Crippen LogP contribution in [0.2, 0.25) is 0 Å². The Morgan fingerprint density at radius 2 is 2.06 bits per heavy atom. The van der Waals surface area contributed by atoms with E-state index in [1.54, 1.807) is 19.3 Å². The number of phenols is 1. The quantitative estimate of drug-likeness (QED) is 0.659. The molecule has 6 heteroatoms. The molecule has 3 aliphatic rings. The third-order valence-electron chi connectivity index (χ3n) is 8.92. The number of aryl methyl sites for hydroxylation is 1. The Morgan fingerprint density at radius 1 is 1.26 bits per heavy atom. The minimum absolute atomic E-state index is 0.00109. The third kappa shape index (κ3) is 3.66. The van der Waals surface area contributed by atoms with Crippen LogP contribution < -0.4 is 4.74 Å². The minimum atomic E-state index is -0.939. The molecule has 2 N–H and O–H groups in total.